The van der Waals surface area contributed by atoms with Gasteiger partial charge in [-0.3, -0.25) is 14.5 Å². The van der Waals surface area contributed by atoms with Crippen LogP contribution >= 0.6 is 0 Å². The van der Waals surface area contributed by atoms with Gasteiger partial charge in [0.2, 0.25) is 0 Å². The van der Waals surface area contributed by atoms with Crippen LogP contribution in [0.3, 0.4) is 0 Å². The molecule has 0 fully saturated rings. The maximum absolute atomic E-state index is 13.1. The summed E-state index contributed by atoms with van der Waals surface area (Å²) < 4.78 is 18.5. The Hall–Kier alpha value is -3.29. The summed E-state index contributed by atoms with van der Waals surface area (Å²) in [5.41, 5.74) is 1.35. The van der Waals surface area contributed by atoms with E-state index in [0.717, 1.165) is 4.90 Å². The smallest absolute Gasteiger partial charge is 0.265 e. The summed E-state index contributed by atoms with van der Waals surface area (Å²) in [6, 6.07) is 5.53. The van der Waals surface area contributed by atoms with E-state index >= 15 is 0 Å². The number of fused-ring (bicyclic) bond motifs is 2. The molecule has 0 atom stereocenters. The minimum atomic E-state index is -0.611. The first-order valence-corrected chi connectivity index (χ1v) is 8.08. The number of amides is 2. The van der Waals surface area contributed by atoms with E-state index in [2.05, 4.69) is 10.6 Å². The fourth-order valence-electron chi connectivity index (χ4n) is 3.32. The van der Waals surface area contributed by atoms with Gasteiger partial charge in [0.15, 0.2) is 11.5 Å². The fourth-order valence-corrected chi connectivity index (χ4v) is 3.32. The number of halogens is 1. The Balaban J connectivity index is 1.81. The third-order valence-electron chi connectivity index (χ3n) is 4.53. The SMILES string of the molecule is COc1c2c(c(O)c3c1C(=O)N(Cc1ccc(F)cc1)C3=O)NCCN2. The molecule has 2 aliphatic rings. The van der Waals surface area contributed by atoms with Crippen molar-refractivity contribution < 1.29 is 23.8 Å². The summed E-state index contributed by atoms with van der Waals surface area (Å²) in [5, 5.41) is 16.7. The Morgan fingerprint density at radius 1 is 1.08 bits per heavy atom. The number of anilines is 2. The number of hydrogen-bond acceptors (Lipinski definition) is 6. The third kappa shape index (κ3) is 2.26. The van der Waals surface area contributed by atoms with Crippen LogP contribution in [-0.4, -0.2) is 42.0 Å². The predicted octanol–water partition coefficient (Wildman–Crippen LogP) is 2.17. The quantitative estimate of drug-likeness (QED) is 0.576. The van der Waals surface area contributed by atoms with Gasteiger partial charge in [0.05, 0.1) is 13.7 Å². The highest BCUT2D eigenvalue weighted by Crippen LogP contribution is 2.49. The fraction of sp³-hybridized carbons (Fsp3) is 0.222. The molecule has 0 saturated carbocycles. The number of methoxy groups -OCH3 is 1. The Labute approximate surface area is 148 Å². The second-order valence-electron chi connectivity index (χ2n) is 6.06. The van der Waals surface area contributed by atoms with E-state index in [1.54, 1.807) is 0 Å². The molecule has 2 aliphatic heterocycles. The molecule has 134 valence electrons. The number of nitrogens with zero attached hydrogens (tertiary/aromatic N) is 1. The minimum Gasteiger partial charge on any atom is -0.505 e. The number of aromatic hydroxyl groups is 1. The number of ether oxygens (including phenoxy) is 1. The Bertz CT molecular complexity index is 927. The van der Waals surface area contributed by atoms with Crippen LogP contribution in [0.5, 0.6) is 11.5 Å². The van der Waals surface area contributed by atoms with Crippen LogP contribution in [0.2, 0.25) is 0 Å². The topological polar surface area (TPSA) is 90.9 Å². The summed E-state index contributed by atoms with van der Waals surface area (Å²) in [7, 11) is 1.41. The molecule has 0 bridgehead atoms. The summed E-state index contributed by atoms with van der Waals surface area (Å²) in [5.74, 6) is -1.62. The van der Waals surface area contributed by atoms with Crippen LogP contribution in [-0.2, 0) is 6.54 Å². The number of rotatable bonds is 3. The molecule has 8 heteroatoms. The van der Waals surface area contributed by atoms with Gasteiger partial charge in [-0.15, -0.1) is 0 Å². The maximum atomic E-state index is 13.1. The van der Waals surface area contributed by atoms with E-state index in [1.807, 2.05) is 0 Å². The van der Waals surface area contributed by atoms with Gasteiger partial charge in [0, 0.05) is 13.1 Å². The molecule has 0 saturated heterocycles. The number of phenolic OH excluding ortho intramolecular Hbond substituents is 1. The number of hydrogen-bond donors (Lipinski definition) is 3. The van der Waals surface area contributed by atoms with Gasteiger partial charge in [-0.1, -0.05) is 12.1 Å². The zero-order chi connectivity index (χ0) is 18.4. The highest BCUT2D eigenvalue weighted by Gasteiger charge is 2.43. The molecule has 3 N–H and O–H groups in total. The molecule has 2 aromatic carbocycles. The highest BCUT2D eigenvalue weighted by atomic mass is 19.1. The summed E-state index contributed by atoms with van der Waals surface area (Å²) >= 11 is 0. The molecule has 7 nitrogen and oxygen atoms in total. The number of carbonyl (C=O) groups is 2. The van der Waals surface area contributed by atoms with Crippen LogP contribution in [0, 0.1) is 5.82 Å². The molecule has 0 aliphatic carbocycles. The van der Waals surface area contributed by atoms with E-state index in [0.29, 0.717) is 30.0 Å². The Morgan fingerprint density at radius 2 is 1.69 bits per heavy atom. The van der Waals surface area contributed by atoms with Gasteiger partial charge in [-0.2, -0.15) is 0 Å². The van der Waals surface area contributed by atoms with Crippen molar-refractivity contribution in [1.82, 2.24) is 4.90 Å². The molecule has 2 amide bonds. The lowest BCUT2D eigenvalue weighted by molar-refractivity contribution is 0.0641. The van der Waals surface area contributed by atoms with Crippen molar-refractivity contribution in [2.75, 3.05) is 30.8 Å². The van der Waals surface area contributed by atoms with E-state index in [1.165, 1.54) is 31.4 Å². The van der Waals surface area contributed by atoms with Gasteiger partial charge >= 0.3 is 0 Å². The van der Waals surface area contributed by atoms with Crippen molar-refractivity contribution >= 4 is 23.2 Å². The number of phenols is 1. The van der Waals surface area contributed by atoms with Crippen LogP contribution < -0.4 is 15.4 Å². The number of benzene rings is 2. The van der Waals surface area contributed by atoms with Crippen molar-refractivity contribution in [3.8, 4) is 11.5 Å². The number of imide groups is 1. The zero-order valence-corrected chi connectivity index (χ0v) is 13.9. The second-order valence-corrected chi connectivity index (χ2v) is 6.06. The van der Waals surface area contributed by atoms with Crippen molar-refractivity contribution in [3.05, 3.63) is 46.8 Å². The average molecular weight is 357 g/mol. The van der Waals surface area contributed by atoms with Crippen molar-refractivity contribution in [2.45, 2.75) is 6.54 Å². The van der Waals surface area contributed by atoms with E-state index in [9.17, 15) is 19.1 Å². The molecular weight excluding hydrogens is 341 g/mol. The van der Waals surface area contributed by atoms with Crippen LogP contribution in [0.1, 0.15) is 26.3 Å². The Morgan fingerprint density at radius 3 is 2.35 bits per heavy atom. The van der Waals surface area contributed by atoms with Gasteiger partial charge in [0.25, 0.3) is 11.8 Å². The van der Waals surface area contributed by atoms with Crippen LogP contribution in [0.4, 0.5) is 15.8 Å². The first-order valence-electron chi connectivity index (χ1n) is 8.08. The maximum Gasteiger partial charge on any atom is 0.265 e. The lowest BCUT2D eigenvalue weighted by atomic mass is 10.0. The predicted molar refractivity (Wildman–Crippen MR) is 92.2 cm³/mol. The van der Waals surface area contributed by atoms with Crippen LogP contribution in [0.25, 0.3) is 0 Å². The van der Waals surface area contributed by atoms with Gasteiger partial charge in [0.1, 0.15) is 28.3 Å². The van der Waals surface area contributed by atoms with Crippen molar-refractivity contribution in [1.29, 1.82) is 0 Å². The lowest BCUT2D eigenvalue weighted by Crippen LogP contribution is -2.29. The average Bonchev–Trinajstić information content (AvgIpc) is 2.89. The molecule has 0 unspecified atom stereocenters. The second kappa shape index (κ2) is 5.91. The number of carbonyl (C=O) groups excluding carboxylic acids is 2. The van der Waals surface area contributed by atoms with Crippen molar-refractivity contribution in [2.24, 2.45) is 0 Å². The molecular formula is C18H16FN3O4. The van der Waals surface area contributed by atoms with E-state index in [-0.39, 0.29) is 29.2 Å². The summed E-state index contributed by atoms with van der Waals surface area (Å²) in [4.78, 5) is 26.7. The summed E-state index contributed by atoms with van der Waals surface area (Å²) in [6.45, 7) is 1.12. The first-order chi connectivity index (χ1) is 12.5. The van der Waals surface area contributed by atoms with E-state index in [4.69, 9.17) is 4.74 Å². The molecule has 2 aromatic rings. The molecule has 2 heterocycles. The normalized spacial score (nSPS) is 15.2. The molecule has 26 heavy (non-hydrogen) atoms. The molecule has 0 radical (unpaired) electrons. The molecule has 0 spiro atoms. The molecule has 4 rings (SSSR count). The van der Waals surface area contributed by atoms with Crippen LogP contribution in [0.15, 0.2) is 24.3 Å². The monoisotopic (exact) mass is 357 g/mol. The minimum absolute atomic E-state index is 0.0270. The first kappa shape index (κ1) is 16.2. The van der Waals surface area contributed by atoms with Gasteiger partial charge in [-0.05, 0) is 17.7 Å². The number of nitrogens with one attached hydrogen (secondary N) is 2. The zero-order valence-electron chi connectivity index (χ0n) is 13.9. The van der Waals surface area contributed by atoms with Gasteiger partial charge < -0.3 is 20.5 Å². The van der Waals surface area contributed by atoms with Gasteiger partial charge in [-0.25, -0.2) is 4.39 Å². The summed E-state index contributed by atoms with van der Waals surface area (Å²) in [6.07, 6.45) is 0. The molecule has 0 aromatic heterocycles. The highest BCUT2D eigenvalue weighted by molar-refractivity contribution is 6.26. The lowest BCUT2D eigenvalue weighted by Gasteiger charge is -2.24. The van der Waals surface area contributed by atoms with Crippen molar-refractivity contribution in [3.63, 3.8) is 0 Å². The van der Waals surface area contributed by atoms with E-state index < -0.39 is 17.6 Å². The Kier molecular flexibility index (Phi) is 3.68. The standard InChI is InChI=1S/C18H16FN3O4/c1-26-16-12-11(15(23)13-14(16)21-7-6-20-13)17(24)22(18(12)25)8-9-2-4-10(19)5-3-9/h2-5,20-21,23H,6-8H2,1H3. The third-order valence-corrected chi connectivity index (χ3v) is 4.53. The largest absolute Gasteiger partial charge is 0.505 e.